The maximum atomic E-state index is 13.3. The van der Waals surface area contributed by atoms with E-state index in [-0.39, 0.29) is 5.82 Å². The van der Waals surface area contributed by atoms with E-state index in [9.17, 15) is 12.8 Å². The number of sulfonamides is 1. The number of hydrogen-bond donors (Lipinski definition) is 1. The number of nitrogens with one attached hydrogen (secondary N) is 1. The summed E-state index contributed by atoms with van der Waals surface area (Å²) < 4.78 is 48.3. The fourth-order valence-electron chi connectivity index (χ4n) is 4.16. The molecule has 35 heavy (non-hydrogen) atoms. The van der Waals surface area contributed by atoms with Gasteiger partial charge in [-0.2, -0.15) is 0 Å². The van der Waals surface area contributed by atoms with E-state index in [1.54, 1.807) is 17.5 Å². The van der Waals surface area contributed by atoms with Crippen LogP contribution >= 0.6 is 11.3 Å². The van der Waals surface area contributed by atoms with Crippen molar-refractivity contribution in [2.75, 3.05) is 18.3 Å². The maximum absolute atomic E-state index is 13.3. The lowest BCUT2D eigenvalue weighted by Gasteiger charge is -2.17. The third kappa shape index (κ3) is 5.22. The van der Waals surface area contributed by atoms with Crippen LogP contribution in [0.5, 0.6) is 0 Å². The van der Waals surface area contributed by atoms with E-state index < -0.39 is 10.0 Å². The predicted octanol–water partition coefficient (Wildman–Crippen LogP) is 6.05. The molecule has 0 bridgehead atoms. The van der Waals surface area contributed by atoms with E-state index in [1.807, 2.05) is 49.5 Å². The molecule has 2 aromatic heterocycles. The Balaban J connectivity index is 1.20. The van der Waals surface area contributed by atoms with E-state index in [4.69, 9.17) is 4.52 Å². The van der Waals surface area contributed by atoms with Gasteiger partial charge in [0.2, 0.25) is 0 Å². The average molecular weight is 510 g/mol. The predicted molar refractivity (Wildman–Crippen MR) is 138 cm³/mol. The summed E-state index contributed by atoms with van der Waals surface area (Å²) in [5.41, 5.74) is 2.83. The van der Waals surface area contributed by atoms with Crippen LogP contribution in [0, 0.1) is 5.82 Å². The van der Waals surface area contributed by atoms with Crippen molar-refractivity contribution in [3.05, 3.63) is 89.2 Å². The minimum absolute atomic E-state index is 0.295. The molecule has 5 aromatic rings. The van der Waals surface area contributed by atoms with Crippen molar-refractivity contribution in [2.24, 2.45) is 0 Å². The molecule has 0 spiro atoms. The minimum atomic E-state index is -3.69. The first kappa shape index (κ1) is 23.5. The van der Waals surface area contributed by atoms with Gasteiger partial charge >= 0.3 is 0 Å². The van der Waals surface area contributed by atoms with Gasteiger partial charge in [-0.05, 0) is 62.3 Å². The number of thiophene rings is 1. The summed E-state index contributed by atoms with van der Waals surface area (Å²) >= 11 is 1.42. The molecule has 2 heterocycles. The zero-order valence-corrected chi connectivity index (χ0v) is 20.7. The van der Waals surface area contributed by atoms with Crippen LogP contribution in [0.3, 0.4) is 0 Å². The second-order valence-corrected chi connectivity index (χ2v) is 11.1. The van der Waals surface area contributed by atoms with E-state index >= 15 is 0 Å². The number of anilines is 1. The topological polar surface area (TPSA) is 75.4 Å². The summed E-state index contributed by atoms with van der Waals surface area (Å²) in [6.07, 6.45) is 1.57. The van der Waals surface area contributed by atoms with E-state index in [2.05, 4.69) is 14.8 Å². The highest BCUT2D eigenvalue weighted by molar-refractivity contribution is 7.93. The molecule has 0 atom stereocenters. The molecule has 0 aliphatic rings. The lowest BCUT2D eigenvalue weighted by Crippen LogP contribution is -2.20. The molecular weight excluding hydrogens is 485 g/mol. The third-order valence-corrected chi connectivity index (χ3v) is 8.36. The average Bonchev–Trinajstić information content (AvgIpc) is 3.43. The van der Waals surface area contributed by atoms with E-state index in [0.29, 0.717) is 22.7 Å². The molecule has 3 aromatic carbocycles. The Labute approximate surface area is 207 Å². The second kappa shape index (κ2) is 9.77. The fourth-order valence-corrected chi connectivity index (χ4v) is 6.71. The van der Waals surface area contributed by atoms with Crippen LogP contribution in [0.1, 0.15) is 17.7 Å². The van der Waals surface area contributed by atoms with Gasteiger partial charge in [-0.1, -0.05) is 35.5 Å². The van der Waals surface area contributed by atoms with Gasteiger partial charge in [0, 0.05) is 39.2 Å². The molecule has 1 N–H and O–H groups in total. The van der Waals surface area contributed by atoms with Gasteiger partial charge in [0.05, 0.1) is 5.69 Å². The molecule has 5 rings (SSSR count). The Hall–Kier alpha value is -3.27. The lowest BCUT2D eigenvalue weighted by molar-refractivity contribution is 0.320. The molecule has 0 unspecified atom stereocenters. The van der Waals surface area contributed by atoms with Crippen molar-refractivity contribution >= 4 is 48.1 Å². The van der Waals surface area contributed by atoms with Gasteiger partial charge in [-0.3, -0.25) is 4.72 Å². The Bertz CT molecular complexity index is 1590. The highest BCUT2D eigenvalue weighted by atomic mass is 32.2. The van der Waals surface area contributed by atoms with Crippen molar-refractivity contribution < 1.29 is 17.3 Å². The van der Waals surface area contributed by atoms with Crippen molar-refractivity contribution in [3.8, 4) is 0 Å². The van der Waals surface area contributed by atoms with Gasteiger partial charge in [-0.15, -0.1) is 11.3 Å². The molecular formula is C26H24FN3O3S2. The van der Waals surface area contributed by atoms with Crippen molar-refractivity contribution in [3.63, 3.8) is 0 Å². The van der Waals surface area contributed by atoms with E-state index in [0.717, 1.165) is 46.1 Å². The van der Waals surface area contributed by atoms with Gasteiger partial charge < -0.3 is 9.42 Å². The number of hydrogen-bond acceptors (Lipinski definition) is 6. The quantitative estimate of drug-likeness (QED) is 0.262. The number of fused-ring (bicyclic) bond motifs is 2. The Morgan fingerprint density at radius 1 is 1.06 bits per heavy atom. The zero-order chi connectivity index (χ0) is 24.4. The Morgan fingerprint density at radius 2 is 1.91 bits per heavy atom. The summed E-state index contributed by atoms with van der Waals surface area (Å²) in [4.78, 5) is 2.46. The Kier molecular flexibility index (Phi) is 6.55. The number of aromatic nitrogens is 1. The van der Waals surface area contributed by atoms with Crippen molar-refractivity contribution in [1.29, 1.82) is 0 Å². The number of rotatable bonds is 9. The number of benzene rings is 3. The normalized spacial score (nSPS) is 12.1. The van der Waals surface area contributed by atoms with Crippen molar-refractivity contribution in [2.45, 2.75) is 24.3 Å². The molecule has 0 saturated carbocycles. The maximum Gasteiger partial charge on any atom is 0.263 e. The van der Waals surface area contributed by atoms with Gasteiger partial charge in [-0.25, -0.2) is 12.8 Å². The van der Waals surface area contributed by atoms with E-state index in [1.165, 1.54) is 23.5 Å². The fraction of sp³-hybridized carbons (Fsp3) is 0.192. The standard InChI is InChI=1S/C26H24FN3O3S2/c1-30(13-5-9-23-21-12-11-19(27)15-24(21)33-28-23)16-18-6-4-7-20(14-18)29-35(31,32)26-17-34-25-10-3-2-8-22(25)26/h2-4,6-8,10-12,14-15,17,29H,5,9,13,16H2,1H3. The molecule has 180 valence electrons. The minimum Gasteiger partial charge on any atom is -0.356 e. The molecule has 0 aliphatic carbocycles. The highest BCUT2D eigenvalue weighted by Gasteiger charge is 2.19. The van der Waals surface area contributed by atoms with Crippen LogP contribution < -0.4 is 4.72 Å². The molecule has 0 fully saturated rings. The van der Waals surface area contributed by atoms with Gasteiger partial charge in [0.1, 0.15) is 10.7 Å². The van der Waals surface area contributed by atoms with Crippen LogP contribution in [-0.4, -0.2) is 32.1 Å². The Morgan fingerprint density at radius 3 is 2.80 bits per heavy atom. The number of halogens is 1. The van der Waals surface area contributed by atoms with Crippen LogP contribution in [0.15, 0.2) is 81.5 Å². The summed E-state index contributed by atoms with van der Waals surface area (Å²) in [6.45, 7) is 1.48. The molecule has 0 amide bonds. The monoisotopic (exact) mass is 509 g/mol. The molecule has 9 heteroatoms. The lowest BCUT2D eigenvalue weighted by atomic mass is 10.1. The van der Waals surface area contributed by atoms with Crippen molar-refractivity contribution in [1.82, 2.24) is 10.1 Å². The van der Waals surface area contributed by atoms with Crippen LogP contribution in [0.2, 0.25) is 0 Å². The van der Waals surface area contributed by atoms with Gasteiger partial charge in [0.15, 0.2) is 5.58 Å². The summed E-state index contributed by atoms with van der Waals surface area (Å²) in [7, 11) is -1.68. The zero-order valence-electron chi connectivity index (χ0n) is 19.1. The second-order valence-electron chi connectivity index (χ2n) is 8.51. The highest BCUT2D eigenvalue weighted by Crippen LogP contribution is 2.30. The first-order valence-electron chi connectivity index (χ1n) is 11.2. The molecule has 6 nitrogen and oxygen atoms in total. The SMILES string of the molecule is CN(CCCc1noc2cc(F)ccc12)Cc1cccc(NS(=O)(=O)c2csc3ccccc23)c1. The summed E-state index contributed by atoms with van der Waals surface area (Å²) in [5, 5.41) is 7.33. The van der Waals surface area contributed by atoms with Crippen LogP contribution in [0.25, 0.3) is 21.1 Å². The largest absolute Gasteiger partial charge is 0.356 e. The third-order valence-electron chi connectivity index (χ3n) is 5.83. The number of nitrogens with zero attached hydrogens (tertiary/aromatic N) is 2. The molecule has 0 aliphatic heterocycles. The summed E-state index contributed by atoms with van der Waals surface area (Å²) in [6, 6.07) is 19.4. The van der Waals surface area contributed by atoms with Crippen LogP contribution in [0.4, 0.5) is 10.1 Å². The smallest absolute Gasteiger partial charge is 0.263 e. The first-order chi connectivity index (χ1) is 16.9. The van der Waals surface area contributed by atoms with Crippen LogP contribution in [-0.2, 0) is 23.0 Å². The molecule has 0 saturated heterocycles. The first-order valence-corrected chi connectivity index (χ1v) is 13.6. The number of aryl methyl sites for hydroxylation is 1. The molecule has 0 radical (unpaired) electrons. The summed E-state index contributed by atoms with van der Waals surface area (Å²) in [5.74, 6) is -0.340. The van der Waals surface area contributed by atoms with Gasteiger partial charge in [0.25, 0.3) is 10.0 Å².